The summed E-state index contributed by atoms with van der Waals surface area (Å²) in [5.41, 5.74) is 0. The van der Waals surface area contributed by atoms with Crippen molar-refractivity contribution in [2.75, 3.05) is 36.4 Å². The molecule has 2 N–H and O–H groups in total. The standard InChI is InChI=1S/C22H34N8O/c1-16(2)30(17(3)4)14-11-25-22(31)18-7-12-29(13-8-18)21-6-5-19(27-28-21)26-20-15-23-9-10-24-20/h5-6,9-10,15-18H,7-8,11-14H2,1-4H3,(H,25,31)(H,24,26,27). The van der Waals surface area contributed by atoms with Gasteiger partial charge in [0.2, 0.25) is 5.91 Å². The molecule has 0 unspecified atom stereocenters. The molecule has 0 saturated carbocycles. The molecule has 0 aliphatic carbocycles. The van der Waals surface area contributed by atoms with Crippen molar-refractivity contribution >= 4 is 23.4 Å². The summed E-state index contributed by atoms with van der Waals surface area (Å²) in [7, 11) is 0. The Balaban J connectivity index is 1.43. The second-order valence-electron chi connectivity index (χ2n) is 8.47. The van der Waals surface area contributed by atoms with Gasteiger partial charge in [-0.2, -0.15) is 0 Å². The first-order valence-electron chi connectivity index (χ1n) is 11.1. The largest absolute Gasteiger partial charge is 0.355 e. The van der Waals surface area contributed by atoms with Gasteiger partial charge in [0.25, 0.3) is 0 Å². The van der Waals surface area contributed by atoms with Crippen molar-refractivity contribution in [3.63, 3.8) is 0 Å². The van der Waals surface area contributed by atoms with Crippen LogP contribution in [-0.4, -0.2) is 69.2 Å². The zero-order chi connectivity index (χ0) is 22.2. The van der Waals surface area contributed by atoms with E-state index >= 15 is 0 Å². The van der Waals surface area contributed by atoms with Gasteiger partial charge in [-0.25, -0.2) is 4.98 Å². The van der Waals surface area contributed by atoms with Gasteiger partial charge in [-0.3, -0.25) is 14.7 Å². The molecule has 1 fully saturated rings. The summed E-state index contributed by atoms with van der Waals surface area (Å²) in [5, 5.41) is 14.8. The van der Waals surface area contributed by atoms with Crippen LogP contribution in [0.4, 0.5) is 17.5 Å². The number of rotatable bonds is 9. The van der Waals surface area contributed by atoms with Gasteiger partial charge in [0.15, 0.2) is 11.6 Å². The molecule has 1 aliphatic rings. The van der Waals surface area contributed by atoms with Crippen molar-refractivity contribution in [3.8, 4) is 0 Å². The quantitative estimate of drug-likeness (QED) is 0.631. The van der Waals surface area contributed by atoms with Crippen molar-refractivity contribution in [2.24, 2.45) is 5.92 Å². The van der Waals surface area contributed by atoms with E-state index in [9.17, 15) is 4.79 Å². The third kappa shape index (κ3) is 6.58. The third-order valence-electron chi connectivity index (χ3n) is 5.66. The molecule has 0 aromatic carbocycles. The molecule has 0 spiro atoms. The number of amides is 1. The summed E-state index contributed by atoms with van der Waals surface area (Å²) >= 11 is 0. The highest BCUT2D eigenvalue weighted by molar-refractivity contribution is 5.79. The Kier molecular flexibility index (Phi) is 8.11. The zero-order valence-corrected chi connectivity index (χ0v) is 19.0. The Morgan fingerprint density at radius 2 is 1.84 bits per heavy atom. The minimum atomic E-state index is 0.0633. The van der Waals surface area contributed by atoms with E-state index < -0.39 is 0 Å². The van der Waals surface area contributed by atoms with Gasteiger partial charge in [0, 0.05) is 56.6 Å². The van der Waals surface area contributed by atoms with Gasteiger partial charge < -0.3 is 15.5 Å². The van der Waals surface area contributed by atoms with Crippen LogP contribution < -0.4 is 15.5 Å². The van der Waals surface area contributed by atoms with E-state index in [1.807, 2.05) is 12.1 Å². The number of anilines is 3. The maximum atomic E-state index is 12.6. The summed E-state index contributed by atoms with van der Waals surface area (Å²) < 4.78 is 0. The first-order chi connectivity index (χ1) is 14.9. The molecule has 31 heavy (non-hydrogen) atoms. The first kappa shape index (κ1) is 22.9. The number of carbonyl (C=O) groups excluding carboxylic acids is 1. The summed E-state index contributed by atoms with van der Waals surface area (Å²) in [5.74, 6) is 2.31. The van der Waals surface area contributed by atoms with Gasteiger partial charge in [-0.1, -0.05) is 0 Å². The summed E-state index contributed by atoms with van der Waals surface area (Å²) in [6.07, 6.45) is 6.52. The van der Waals surface area contributed by atoms with Crippen LogP contribution in [0.3, 0.4) is 0 Å². The topological polar surface area (TPSA) is 99.2 Å². The van der Waals surface area contributed by atoms with Crippen LogP contribution in [0.25, 0.3) is 0 Å². The summed E-state index contributed by atoms with van der Waals surface area (Å²) in [6, 6.07) is 4.77. The van der Waals surface area contributed by atoms with Crippen molar-refractivity contribution in [1.29, 1.82) is 0 Å². The summed E-state index contributed by atoms with van der Waals surface area (Å²) in [4.78, 5) is 25.3. The minimum absolute atomic E-state index is 0.0633. The lowest BCUT2D eigenvalue weighted by Gasteiger charge is -2.33. The first-order valence-corrected chi connectivity index (χ1v) is 11.1. The van der Waals surface area contributed by atoms with E-state index in [4.69, 9.17) is 0 Å². The smallest absolute Gasteiger partial charge is 0.223 e. The van der Waals surface area contributed by atoms with Crippen molar-refractivity contribution in [3.05, 3.63) is 30.7 Å². The molecule has 0 radical (unpaired) electrons. The molecule has 3 rings (SSSR count). The Labute approximate surface area is 184 Å². The average molecular weight is 427 g/mol. The molecule has 2 aromatic heterocycles. The maximum Gasteiger partial charge on any atom is 0.223 e. The second-order valence-corrected chi connectivity index (χ2v) is 8.47. The van der Waals surface area contributed by atoms with Crippen LogP contribution >= 0.6 is 0 Å². The van der Waals surface area contributed by atoms with E-state index in [0.29, 0.717) is 30.3 Å². The van der Waals surface area contributed by atoms with Gasteiger partial charge >= 0.3 is 0 Å². The molecule has 2 aromatic rings. The molecule has 9 nitrogen and oxygen atoms in total. The SMILES string of the molecule is CC(C)N(CCNC(=O)C1CCN(c2ccc(Nc3cnccn3)nn2)CC1)C(C)C. The Morgan fingerprint density at radius 1 is 1.10 bits per heavy atom. The van der Waals surface area contributed by atoms with Crippen LogP contribution in [0.1, 0.15) is 40.5 Å². The van der Waals surface area contributed by atoms with Crippen molar-refractivity contribution in [2.45, 2.75) is 52.6 Å². The normalized spacial score (nSPS) is 15.0. The van der Waals surface area contributed by atoms with Gasteiger partial charge in [-0.15, -0.1) is 10.2 Å². The van der Waals surface area contributed by atoms with E-state index in [-0.39, 0.29) is 11.8 Å². The minimum Gasteiger partial charge on any atom is -0.355 e. The van der Waals surface area contributed by atoms with Crippen LogP contribution in [0.15, 0.2) is 30.7 Å². The predicted molar refractivity (Wildman–Crippen MR) is 122 cm³/mol. The van der Waals surface area contributed by atoms with Crippen LogP contribution in [-0.2, 0) is 4.79 Å². The monoisotopic (exact) mass is 426 g/mol. The third-order valence-corrected chi connectivity index (χ3v) is 5.66. The molecule has 168 valence electrons. The van der Waals surface area contributed by atoms with Crippen LogP contribution in [0, 0.1) is 5.92 Å². The zero-order valence-electron chi connectivity index (χ0n) is 19.0. The highest BCUT2D eigenvalue weighted by atomic mass is 16.1. The van der Waals surface area contributed by atoms with Gasteiger partial charge in [-0.05, 0) is 52.7 Å². The molecule has 9 heteroatoms. The molecule has 1 aliphatic heterocycles. The lowest BCUT2D eigenvalue weighted by Crippen LogP contribution is -2.45. The lowest BCUT2D eigenvalue weighted by atomic mass is 9.96. The number of hydrogen-bond donors (Lipinski definition) is 2. The fourth-order valence-corrected chi connectivity index (χ4v) is 3.99. The van der Waals surface area contributed by atoms with Crippen LogP contribution in [0.2, 0.25) is 0 Å². The highest BCUT2D eigenvalue weighted by Gasteiger charge is 2.26. The molecule has 1 saturated heterocycles. The Hall–Kier alpha value is -2.81. The van der Waals surface area contributed by atoms with E-state index in [1.165, 1.54) is 0 Å². The number of aromatic nitrogens is 4. The number of nitrogens with zero attached hydrogens (tertiary/aromatic N) is 6. The molecule has 0 atom stereocenters. The highest BCUT2D eigenvalue weighted by Crippen LogP contribution is 2.22. The average Bonchev–Trinajstić information content (AvgIpc) is 2.77. The van der Waals surface area contributed by atoms with E-state index in [0.717, 1.165) is 38.3 Å². The lowest BCUT2D eigenvalue weighted by molar-refractivity contribution is -0.125. The van der Waals surface area contributed by atoms with E-state index in [1.54, 1.807) is 18.6 Å². The van der Waals surface area contributed by atoms with Gasteiger partial charge in [0.05, 0.1) is 6.20 Å². The molecular formula is C22H34N8O. The Bertz CT molecular complexity index is 796. The second kappa shape index (κ2) is 11.0. The van der Waals surface area contributed by atoms with Gasteiger partial charge in [0.1, 0.15) is 5.82 Å². The number of nitrogens with one attached hydrogen (secondary N) is 2. The molecular weight excluding hydrogens is 392 g/mol. The fourth-order valence-electron chi connectivity index (χ4n) is 3.99. The number of carbonyl (C=O) groups is 1. The predicted octanol–water partition coefficient (Wildman–Crippen LogP) is 2.46. The fraction of sp³-hybridized carbons (Fsp3) is 0.591. The molecule has 1 amide bonds. The molecule has 0 bridgehead atoms. The van der Waals surface area contributed by atoms with Crippen LogP contribution in [0.5, 0.6) is 0 Å². The number of hydrogen-bond acceptors (Lipinski definition) is 8. The van der Waals surface area contributed by atoms with Crippen molar-refractivity contribution < 1.29 is 4.79 Å². The maximum absolute atomic E-state index is 12.6. The summed E-state index contributed by atoms with van der Waals surface area (Å²) in [6.45, 7) is 11.9. The van der Waals surface area contributed by atoms with Crippen molar-refractivity contribution in [1.82, 2.24) is 30.4 Å². The number of piperidine rings is 1. The molecule has 3 heterocycles. The Morgan fingerprint density at radius 3 is 2.42 bits per heavy atom. The van der Waals surface area contributed by atoms with E-state index in [2.05, 4.69) is 68.3 Å².